The third-order valence-electron chi connectivity index (χ3n) is 7.69. The molecule has 1 fully saturated rings. The fourth-order valence-electron chi connectivity index (χ4n) is 4.56. The van der Waals surface area contributed by atoms with Gasteiger partial charge in [-0.3, -0.25) is 14.4 Å². The van der Waals surface area contributed by atoms with Gasteiger partial charge < -0.3 is 36.8 Å². The fourth-order valence-corrected chi connectivity index (χ4v) is 4.56. The predicted molar refractivity (Wildman–Crippen MR) is 153 cm³/mol. The van der Waals surface area contributed by atoms with Crippen LogP contribution in [0.5, 0.6) is 5.75 Å². The number of carbonyl (C=O) groups excluding carboxylic acids is 4. The van der Waals surface area contributed by atoms with E-state index in [9.17, 15) is 34.2 Å². The first kappa shape index (κ1) is 33.4. The van der Waals surface area contributed by atoms with E-state index in [4.69, 9.17) is 0 Å². The number of urea groups is 1. The molecule has 0 aliphatic carbocycles. The second-order valence-corrected chi connectivity index (χ2v) is 10.8. The van der Waals surface area contributed by atoms with E-state index in [-0.39, 0.29) is 29.9 Å². The number of phenols is 1. The van der Waals surface area contributed by atoms with E-state index in [0.717, 1.165) is 5.56 Å². The summed E-state index contributed by atoms with van der Waals surface area (Å²) in [6.45, 7) is 7.54. The molecule has 0 spiro atoms. The van der Waals surface area contributed by atoms with Crippen LogP contribution in [0, 0.1) is 11.8 Å². The lowest BCUT2D eigenvalue weighted by Crippen LogP contribution is -2.59. The van der Waals surface area contributed by atoms with Gasteiger partial charge in [0.2, 0.25) is 17.7 Å². The molecule has 0 aromatic heterocycles. The van der Waals surface area contributed by atoms with E-state index in [1.54, 1.807) is 31.2 Å². The van der Waals surface area contributed by atoms with Crippen LogP contribution in [0.15, 0.2) is 24.3 Å². The maximum absolute atomic E-state index is 13.4. The van der Waals surface area contributed by atoms with Crippen LogP contribution in [0.4, 0.5) is 4.79 Å². The first-order valence-electron chi connectivity index (χ1n) is 14.4. The summed E-state index contributed by atoms with van der Waals surface area (Å²) in [5.41, 5.74) is 0.894. The Bertz CT molecular complexity index is 1050. The summed E-state index contributed by atoms with van der Waals surface area (Å²) in [6.07, 6.45) is 3.14. The number of amides is 5. The molecular formula is C29H45N5O7. The van der Waals surface area contributed by atoms with Crippen LogP contribution < -0.4 is 26.6 Å². The molecule has 7 N–H and O–H groups in total. The van der Waals surface area contributed by atoms with E-state index in [1.165, 1.54) is 0 Å². The molecule has 0 bridgehead atoms. The van der Waals surface area contributed by atoms with Crippen molar-refractivity contribution in [2.24, 2.45) is 11.8 Å². The molecule has 12 heteroatoms. The zero-order valence-corrected chi connectivity index (χ0v) is 24.4. The Morgan fingerprint density at radius 2 is 1.66 bits per heavy atom. The van der Waals surface area contributed by atoms with Crippen molar-refractivity contribution in [3.8, 4) is 5.75 Å². The number of carboxylic acids is 1. The van der Waals surface area contributed by atoms with Crippen LogP contribution in [-0.4, -0.2) is 70.6 Å². The quantitative estimate of drug-likeness (QED) is 0.222. The third-order valence-corrected chi connectivity index (χ3v) is 7.69. The average molecular weight is 576 g/mol. The molecule has 41 heavy (non-hydrogen) atoms. The standard InChI is InChI=1S/C29H45N5O7/c1-5-17(3)23-27(38)31-22(15-12-19-10-13-20(35)14-11-19)25(36)30-16-8-7-9-21(26(37)33-23)32-29(41)34-24(28(39)40)18(4)6-2/h10-11,13-14,17-18,21-24,35H,5-9,12,15-16H2,1-4H3,(H,30,36)(H,31,38)(H,33,37)(H,39,40)(H2,32,34,41)/t17-,18+,21+,22-,23-,24-/m0/s1. The van der Waals surface area contributed by atoms with Crippen LogP contribution in [0.3, 0.4) is 0 Å². The first-order chi connectivity index (χ1) is 19.5. The maximum Gasteiger partial charge on any atom is 0.326 e. The Morgan fingerprint density at radius 3 is 2.27 bits per heavy atom. The zero-order chi connectivity index (χ0) is 30.5. The van der Waals surface area contributed by atoms with Gasteiger partial charge in [-0.25, -0.2) is 9.59 Å². The number of aliphatic carboxylic acids is 1. The minimum absolute atomic E-state index is 0.136. The lowest BCUT2D eigenvalue weighted by Gasteiger charge is -2.28. The molecule has 0 unspecified atom stereocenters. The molecule has 228 valence electrons. The average Bonchev–Trinajstić information content (AvgIpc) is 2.95. The third kappa shape index (κ3) is 10.6. The van der Waals surface area contributed by atoms with Gasteiger partial charge in [0.25, 0.3) is 0 Å². The number of aryl methyl sites for hydroxylation is 1. The van der Waals surface area contributed by atoms with Crippen molar-refractivity contribution in [2.75, 3.05) is 6.54 Å². The summed E-state index contributed by atoms with van der Waals surface area (Å²) < 4.78 is 0. The lowest BCUT2D eigenvalue weighted by molar-refractivity contribution is -0.140. The lowest BCUT2D eigenvalue weighted by atomic mass is 9.96. The van der Waals surface area contributed by atoms with Gasteiger partial charge in [0.05, 0.1) is 0 Å². The SMILES string of the molecule is CC[C@@H](C)[C@H](NC(=O)N[C@@H]1CCCCNC(=O)[C@H](CCc2ccc(O)cc2)NC(=O)[C@H]([C@@H](C)CC)NC1=O)C(=O)O. The van der Waals surface area contributed by atoms with Crippen LogP contribution in [-0.2, 0) is 25.6 Å². The molecule has 0 saturated carbocycles. The molecular weight excluding hydrogens is 530 g/mol. The molecule has 1 aliphatic rings. The van der Waals surface area contributed by atoms with Crippen molar-refractivity contribution in [1.82, 2.24) is 26.6 Å². The van der Waals surface area contributed by atoms with E-state index < -0.39 is 48.0 Å². The predicted octanol–water partition coefficient (Wildman–Crippen LogP) is 1.81. The molecule has 1 aliphatic heterocycles. The Balaban J connectivity index is 2.21. The topological polar surface area (TPSA) is 186 Å². The van der Waals surface area contributed by atoms with Crippen LogP contribution >= 0.6 is 0 Å². The molecule has 2 rings (SSSR count). The number of benzene rings is 1. The second kappa shape index (κ2) is 16.4. The van der Waals surface area contributed by atoms with Crippen molar-refractivity contribution in [3.63, 3.8) is 0 Å². The van der Waals surface area contributed by atoms with Crippen LogP contribution in [0.25, 0.3) is 0 Å². The summed E-state index contributed by atoms with van der Waals surface area (Å²) in [7, 11) is 0. The molecule has 1 heterocycles. The van der Waals surface area contributed by atoms with Gasteiger partial charge >= 0.3 is 12.0 Å². The van der Waals surface area contributed by atoms with Crippen molar-refractivity contribution >= 4 is 29.7 Å². The van der Waals surface area contributed by atoms with Gasteiger partial charge in [-0.15, -0.1) is 0 Å². The molecule has 1 aromatic rings. The van der Waals surface area contributed by atoms with E-state index in [2.05, 4.69) is 26.6 Å². The number of phenolic OH excluding ortho intramolecular Hbond substituents is 1. The number of hydrogen-bond donors (Lipinski definition) is 7. The molecule has 0 radical (unpaired) electrons. The Labute approximate surface area is 241 Å². The normalized spacial score (nSPS) is 22.7. The summed E-state index contributed by atoms with van der Waals surface area (Å²) in [5.74, 6) is -3.03. The van der Waals surface area contributed by atoms with Gasteiger partial charge in [0, 0.05) is 6.54 Å². The molecule has 5 amide bonds. The van der Waals surface area contributed by atoms with Crippen molar-refractivity contribution < 1.29 is 34.2 Å². The van der Waals surface area contributed by atoms with E-state index in [1.807, 2.05) is 20.8 Å². The minimum atomic E-state index is -1.17. The van der Waals surface area contributed by atoms with Crippen LogP contribution in [0.2, 0.25) is 0 Å². The minimum Gasteiger partial charge on any atom is -0.508 e. The number of aromatic hydroxyl groups is 1. The number of rotatable bonds is 10. The summed E-state index contributed by atoms with van der Waals surface area (Å²) >= 11 is 0. The van der Waals surface area contributed by atoms with Crippen molar-refractivity contribution in [2.45, 2.75) is 96.8 Å². The molecule has 1 aromatic carbocycles. The highest BCUT2D eigenvalue weighted by atomic mass is 16.4. The Kier molecular flexibility index (Phi) is 13.4. The van der Waals surface area contributed by atoms with E-state index >= 15 is 0 Å². The number of carboxylic acid groups (broad SMARTS) is 1. The maximum atomic E-state index is 13.4. The fraction of sp³-hybridized carbons (Fsp3) is 0.621. The second-order valence-electron chi connectivity index (χ2n) is 10.8. The number of nitrogens with one attached hydrogen (secondary N) is 5. The van der Waals surface area contributed by atoms with Gasteiger partial charge in [0.15, 0.2) is 0 Å². The number of hydrogen-bond acceptors (Lipinski definition) is 6. The number of carbonyl (C=O) groups is 5. The molecule has 6 atom stereocenters. The monoisotopic (exact) mass is 575 g/mol. The summed E-state index contributed by atoms with van der Waals surface area (Å²) in [5, 5.41) is 32.5. The molecule has 1 saturated heterocycles. The van der Waals surface area contributed by atoms with Gasteiger partial charge in [0.1, 0.15) is 29.9 Å². The highest BCUT2D eigenvalue weighted by Gasteiger charge is 2.33. The van der Waals surface area contributed by atoms with Gasteiger partial charge in [-0.05, 0) is 61.6 Å². The van der Waals surface area contributed by atoms with Crippen molar-refractivity contribution in [1.29, 1.82) is 0 Å². The summed E-state index contributed by atoms with van der Waals surface area (Å²) in [4.78, 5) is 64.2. The van der Waals surface area contributed by atoms with E-state index in [0.29, 0.717) is 45.1 Å². The van der Waals surface area contributed by atoms with Crippen molar-refractivity contribution in [3.05, 3.63) is 29.8 Å². The zero-order valence-electron chi connectivity index (χ0n) is 24.4. The van der Waals surface area contributed by atoms with Gasteiger partial charge in [-0.2, -0.15) is 0 Å². The Hall–Kier alpha value is -3.83. The smallest absolute Gasteiger partial charge is 0.326 e. The Morgan fingerprint density at radius 1 is 0.976 bits per heavy atom. The first-order valence-corrected chi connectivity index (χ1v) is 14.4. The van der Waals surface area contributed by atoms with Crippen LogP contribution in [0.1, 0.15) is 71.8 Å². The van der Waals surface area contributed by atoms with Gasteiger partial charge in [-0.1, -0.05) is 52.7 Å². The highest BCUT2D eigenvalue weighted by molar-refractivity contribution is 5.94. The highest BCUT2D eigenvalue weighted by Crippen LogP contribution is 2.15. The molecule has 12 nitrogen and oxygen atoms in total. The largest absolute Gasteiger partial charge is 0.508 e. The summed E-state index contributed by atoms with van der Waals surface area (Å²) in [6, 6.07) is 1.91.